The number of halogens is 1. The molecular formula is C35H40ClN3O4. The first-order valence-electron chi connectivity index (χ1n) is 15.1. The number of esters is 1. The number of anilines is 1. The van der Waals surface area contributed by atoms with Gasteiger partial charge in [0.15, 0.2) is 0 Å². The number of hydrogen-bond donors (Lipinski definition) is 0. The van der Waals surface area contributed by atoms with Crippen molar-refractivity contribution in [3.63, 3.8) is 0 Å². The van der Waals surface area contributed by atoms with Gasteiger partial charge in [-0.1, -0.05) is 48.0 Å². The Morgan fingerprint density at radius 2 is 1.67 bits per heavy atom. The highest BCUT2D eigenvalue weighted by Crippen LogP contribution is 2.39. The SMILES string of the molecule is CC(=O)OC(Cc1ccccc1C)c1ccc(C(=O)N2CCCC(CC(=O)N3CCN(C)CC3)c3cc(Cl)ccc32)cc1. The maximum Gasteiger partial charge on any atom is 0.303 e. The van der Waals surface area contributed by atoms with E-state index >= 15 is 0 Å². The molecule has 5 rings (SSSR count). The predicted octanol–water partition coefficient (Wildman–Crippen LogP) is 6.18. The van der Waals surface area contributed by atoms with Crippen LogP contribution in [0.3, 0.4) is 0 Å². The highest BCUT2D eigenvalue weighted by atomic mass is 35.5. The average molecular weight is 602 g/mol. The van der Waals surface area contributed by atoms with E-state index in [0.29, 0.717) is 30.0 Å². The normalized spacial score (nSPS) is 18.0. The summed E-state index contributed by atoms with van der Waals surface area (Å²) >= 11 is 6.45. The number of ether oxygens (including phenoxy) is 1. The summed E-state index contributed by atoms with van der Waals surface area (Å²) in [6.45, 7) is 7.26. The van der Waals surface area contributed by atoms with Gasteiger partial charge in [0.25, 0.3) is 5.91 Å². The Labute approximate surface area is 259 Å². The Morgan fingerprint density at radius 3 is 2.37 bits per heavy atom. The lowest BCUT2D eigenvalue weighted by Gasteiger charge is -2.33. The number of nitrogens with zero attached hydrogens (tertiary/aromatic N) is 3. The lowest BCUT2D eigenvalue weighted by atomic mass is 9.90. The number of hydrogen-bond acceptors (Lipinski definition) is 5. The Balaban J connectivity index is 1.36. The molecule has 0 saturated carbocycles. The molecule has 2 aliphatic rings. The first-order valence-corrected chi connectivity index (χ1v) is 15.5. The summed E-state index contributed by atoms with van der Waals surface area (Å²) in [5.41, 5.74) is 5.38. The zero-order chi connectivity index (χ0) is 30.5. The Kier molecular flexibility index (Phi) is 9.83. The molecule has 1 fully saturated rings. The number of amides is 2. The van der Waals surface area contributed by atoms with Gasteiger partial charge in [-0.25, -0.2) is 0 Å². The van der Waals surface area contributed by atoms with Gasteiger partial charge < -0.3 is 19.4 Å². The van der Waals surface area contributed by atoms with Crippen molar-refractivity contribution in [1.82, 2.24) is 9.80 Å². The number of piperazine rings is 1. The van der Waals surface area contributed by atoms with Crippen molar-refractivity contribution >= 4 is 35.1 Å². The molecule has 0 aromatic heterocycles. The third kappa shape index (κ3) is 7.46. The van der Waals surface area contributed by atoms with Crippen LogP contribution in [0.4, 0.5) is 5.69 Å². The fourth-order valence-electron chi connectivity index (χ4n) is 6.15. The quantitative estimate of drug-likeness (QED) is 0.302. The van der Waals surface area contributed by atoms with E-state index < -0.39 is 6.10 Å². The third-order valence-electron chi connectivity index (χ3n) is 8.68. The molecule has 2 heterocycles. The molecule has 3 aromatic carbocycles. The zero-order valence-corrected chi connectivity index (χ0v) is 26.0. The minimum absolute atomic E-state index is 0.00744. The van der Waals surface area contributed by atoms with E-state index in [9.17, 15) is 14.4 Å². The number of benzene rings is 3. The Bertz CT molecular complexity index is 1470. The fraction of sp³-hybridized carbons (Fsp3) is 0.400. The Morgan fingerprint density at radius 1 is 0.953 bits per heavy atom. The van der Waals surface area contributed by atoms with Gasteiger partial charge in [0.1, 0.15) is 6.10 Å². The molecule has 2 unspecified atom stereocenters. The van der Waals surface area contributed by atoms with E-state index in [4.69, 9.17) is 16.3 Å². The maximum absolute atomic E-state index is 13.9. The largest absolute Gasteiger partial charge is 0.457 e. The molecule has 43 heavy (non-hydrogen) atoms. The molecule has 3 aromatic rings. The molecule has 0 N–H and O–H groups in total. The minimum Gasteiger partial charge on any atom is -0.457 e. The van der Waals surface area contributed by atoms with Crippen LogP contribution >= 0.6 is 11.6 Å². The topological polar surface area (TPSA) is 70.2 Å². The zero-order valence-electron chi connectivity index (χ0n) is 25.2. The van der Waals surface area contributed by atoms with E-state index in [0.717, 1.165) is 67.0 Å². The number of fused-ring (bicyclic) bond motifs is 1. The fourth-order valence-corrected chi connectivity index (χ4v) is 6.33. The summed E-state index contributed by atoms with van der Waals surface area (Å²) in [5.74, 6) is -0.303. The van der Waals surface area contributed by atoms with Gasteiger partial charge in [-0.2, -0.15) is 0 Å². The molecule has 0 aliphatic carbocycles. The standard InChI is InChI=1S/C35H40ClN3O4/c1-24-7-4-5-8-28(24)21-33(43-25(2)40)26-10-12-27(13-11-26)35(42)39-16-6-9-29(31-23-30(36)14-15-32(31)39)22-34(41)38-19-17-37(3)18-20-38/h4-5,7-8,10-15,23,29,33H,6,9,16-22H2,1-3H3. The van der Waals surface area contributed by atoms with Crippen molar-refractivity contribution in [2.75, 3.05) is 44.7 Å². The number of rotatable bonds is 7. The molecule has 0 radical (unpaired) electrons. The van der Waals surface area contributed by atoms with Gasteiger partial charge in [-0.3, -0.25) is 14.4 Å². The van der Waals surface area contributed by atoms with E-state index in [2.05, 4.69) is 11.9 Å². The lowest BCUT2D eigenvalue weighted by Crippen LogP contribution is -2.47. The van der Waals surface area contributed by atoms with Gasteiger partial charge in [0.2, 0.25) is 5.91 Å². The van der Waals surface area contributed by atoms with Crippen LogP contribution in [0, 0.1) is 6.92 Å². The number of carbonyl (C=O) groups excluding carboxylic acids is 3. The van der Waals surface area contributed by atoms with Crippen LogP contribution < -0.4 is 4.90 Å². The van der Waals surface area contributed by atoms with Gasteiger partial charge in [-0.05, 0) is 85.3 Å². The molecular weight excluding hydrogens is 562 g/mol. The molecule has 1 saturated heterocycles. The second-order valence-electron chi connectivity index (χ2n) is 11.7. The van der Waals surface area contributed by atoms with Crippen LogP contribution in [-0.4, -0.2) is 67.4 Å². The van der Waals surface area contributed by atoms with Crippen molar-refractivity contribution in [3.8, 4) is 0 Å². The highest BCUT2D eigenvalue weighted by Gasteiger charge is 2.30. The summed E-state index contributed by atoms with van der Waals surface area (Å²) in [5, 5.41) is 0.597. The van der Waals surface area contributed by atoms with E-state index in [1.54, 1.807) is 12.1 Å². The second kappa shape index (κ2) is 13.7. The monoisotopic (exact) mass is 601 g/mol. The number of carbonyl (C=O) groups is 3. The molecule has 2 aliphatic heterocycles. The van der Waals surface area contributed by atoms with Gasteiger partial charge in [-0.15, -0.1) is 0 Å². The number of aryl methyl sites for hydroxylation is 1. The van der Waals surface area contributed by atoms with Crippen LogP contribution in [0.2, 0.25) is 5.02 Å². The highest BCUT2D eigenvalue weighted by molar-refractivity contribution is 6.30. The maximum atomic E-state index is 13.9. The van der Waals surface area contributed by atoms with E-state index in [1.165, 1.54) is 6.92 Å². The third-order valence-corrected chi connectivity index (χ3v) is 8.92. The van der Waals surface area contributed by atoms with Gasteiger partial charge in [0.05, 0.1) is 0 Å². The molecule has 226 valence electrons. The number of likely N-dealkylation sites (N-methyl/N-ethyl adjacent to an activating group) is 1. The summed E-state index contributed by atoms with van der Waals surface area (Å²) in [6, 6.07) is 21.0. The van der Waals surface area contributed by atoms with Crippen molar-refractivity contribution in [1.29, 1.82) is 0 Å². The Hall–Kier alpha value is -3.68. The second-order valence-corrected chi connectivity index (χ2v) is 12.2. The van der Waals surface area contributed by atoms with Crippen molar-refractivity contribution < 1.29 is 19.1 Å². The molecule has 0 bridgehead atoms. The molecule has 2 atom stereocenters. The van der Waals surface area contributed by atoms with E-state index in [-0.39, 0.29) is 23.7 Å². The molecule has 0 spiro atoms. The van der Waals surface area contributed by atoms with Gasteiger partial charge in [0, 0.05) is 68.8 Å². The average Bonchev–Trinajstić information content (AvgIpc) is 3.16. The molecule has 7 nitrogen and oxygen atoms in total. The van der Waals surface area contributed by atoms with Crippen LogP contribution in [0.1, 0.15) is 70.8 Å². The van der Waals surface area contributed by atoms with Crippen LogP contribution in [0.25, 0.3) is 0 Å². The van der Waals surface area contributed by atoms with Crippen LogP contribution in [-0.2, 0) is 20.7 Å². The van der Waals surface area contributed by atoms with Crippen molar-refractivity contribution in [3.05, 3.63) is 99.6 Å². The van der Waals surface area contributed by atoms with Crippen molar-refractivity contribution in [2.24, 2.45) is 0 Å². The van der Waals surface area contributed by atoms with Gasteiger partial charge >= 0.3 is 5.97 Å². The molecule has 8 heteroatoms. The summed E-state index contributed by atoms with van der Waals surface area (Å²) < 4.78 is 5.70. The predicted molar refractivity (Wildman–Crippen MR) is 170 cm³/mol. The smallest absolute Gasteiger partial charge is 0.303 e. The summed E-state index contributed by atoms with van der Waals surface area (Å²) in [6.07, 6.45) is 2.09. The van der Waals surface area contributed by atoms with E-state index in [1.807, 2.05) is 71.3 Å². The first kappa shape index (κ1) is 30.8. The minimum atomic E-state index is -0.456. The summed E-state index contributed by atoms with van der Waals surface area (Å²) in [7, 11) is 2.08. The van der Waals surface area contributed by atoms with Crippen molar-refractivity contribution in [2.45, 2.75) is 51.6 Å². The van der Waals surface area contributed by atoms with Crippen LogP contribution in [0.15, 0.2) is 66.7 Å². The lowest BCUT2D eigenvalue weighted by molar-refractivity contribution is -0.146. The molecule has 2 amide bonds. The summed E-state index contributed by atoms with van der Waals surface area (Å²) in [4.78, 5) is 45.1. The first-order chi connectivity index (χ1) is 20.7. The van der Waals surface area contributed by atoms with Crippen LogP contribution in [0.5, 0.6) is 0 Å².